The van der Waals surface area contributed by atoms with Crippen molar-refractivity contribution in [2.75, 3.05) is 0 Å². The molecule has 75 valence electrons. The predicted octanol–water partition coefficient (Wildman–Crippen LogP) is 2.18. The lowest BCUT2D eigenvalue weighted by Crippen LogP contribution is -2.27. The molecule has 1 nitrogen and oxygen atoms in total. The van der Waals surface area contributed by atoms with Gasteiger partial charge in [-0.1, -0.05) is 30.7 Å². The number of nitrogens with zero attached hydrogens (tertiary/aromatic N) is 1. The minimum atomic E-state index is 1.06. The Balaban J connectivity index is 2.50. The zero-order valence-electron chi connectivity index (χ0n) is 9.03. The lowest BCUT2D eigenvalue weighted by Gasteiger charge is -2.03. The molecule has 2 aromatic rings. The van der Waals surface area contributed by atoms with Crippen molar-refractivity contribution in [3.63, 3.8) is 0 Å². The Kier molecular flexibility index (Phi) is 3.16. The molecule has 0 aliphatic rings. The van der Waals surface area contributed by atoms with E-state index >= 15 is 0 Å². The molecule has 0 aliphatic carbocycles. The second-order valence-corrected chi connectivity index (χ2v) is 4.39. The van der Waals surface area contributed by atoms with E-state index in [-0.39, 0.29) is 0 Å². The van der Waals surface area contributed by atoms with Crippen molar-refractivity contribution in [1.29, 1.82) is 0 Å². The molecule has 15 heavy (non-hydrogen) atoms. The summed E-state index contributed by atoms with van der Waals surface area (Å²) < 4.78 is 2.14. The van der Waals surface area contributed by atoms with Crippen molar-refractivity contribution in [2.45, 2.75) is 18.9 Å². The van der Waals surface area contributed by atoms with Crippen LogP contribution in [0.25, 0.3) is 10.8 Å². The second-order valence-electron chi connectivity index (χ2n) is 3.89. The summed E-state index contributed by atoms with van der Waals surface area (Å²) in [5.74, 6) is 0. The molecule has 0 aliphatic heterocycles. The van der Waals surface area contributed by atoms with Crippen LogP contribution in [0.15, 0.2) is 36.7 Å². The Hall–Kier alpha value is -1.15. The highest BCUT2D eigenvalue weighted by molar-refractivity contribution is 6.08. The van der Waals surface area contributed by atoms with Crippen molar-refractivity contribution in [3.05, 3.63) is 42.2 Å². The van der Waals surface area contributed by atoms with Crippen LogP contribution in [-0.4, -0.2) is 10.2 Å². The lowest BCUT2D eigenvalue weighted by molar-refractivity contribution is -0.670. The van der Waals surface area contributed by atoms with E-state index < -0.39 is 0 Å². The van der Waals surface area contributed by atoms with Gasteiger partial charge in [0, 0.05) is 21.2 Å². The third-order valence-electron chi connectivity index (χ3n) is 2.63. The third-order valence-corrected chi connectivity index (χ3v) is 2.99. The van der Waals surface area contributed by atoms with Gasteiger partial charge in [-0.25, -0.2) is 4.57 Å². The molecule has 0 unspecified atom stereocenters. The van der Waals surface area contributed by atoms with Gasteiger partial charge in [0.25, 0.3) is 0 Å². The van der Waals surface area contributed by atoms with Gasteiger partial charge in [0.15, 0.2) is 12.4 Å². The van der Waals surface area contributed by atoms with Crippen LogP contribution in [0.5, 0.6) is 0 Å². The fraction of sp³-hybridized carbons (Fsp3) is 0.308. The van der Waals surface area contributed by atoms with Crippen molar-refractivity contribution < 1.29 is 4.57 Å². The summed E-state index contributed by atoms with van der Waals surface area (Å²) in [7, 11) is 5.62. The van der Waals surface area contributed by atoms with E-state index in [0.29, 0.717) is 0 Å². The molecule has 0 fully saturated rings. The van der Waals surface area contributed by atoms with Gasteiger partial charge in [0.05, 0.1) is 0 Å². The van der Waals surface area contributed by atoms with E-state index in [4.69, 9.17) is 0 Å². The summed E-state index contributed by atoms with van der Waals surface area (Å²) in [6.45, 7) is 0. The molecule has 0 atom stereocenters. The van der Waals surface area contributed by atoms with Crippen molar-refractivity contribution in [3.8, 4) is 0 Å². The normalized spacial score (nSPS) is 10.8. The van der Waals surface area contributed by atoms with Gasteiger partial charge >= 0.3 is 0 Å². The fourth-order valence-corrected chi connectivity index (χ4v) is 2.13. The lowest BCUT2D eigenvalue weighted by atomic mass is 10.0. The topological polar surface area (TPSA) is 3.88 Å². The molecule has 1 aromatic heterocycles. The average molecular weight is 213 g/mol. The predicted molar refractivity (Wildman–Crippen MR) is 64.0 cm³/mol. The number of rotatable bonds is 3. The molecule has 0 N–H and O–H groups in total. The van der Waals surface area contributed by atoms with Gasteiger partial charge in [-0.2, -0.15) is 0 Å². The molecular formula is C13H15NSi+. The SMILES string of the molecule is C[n+]1cc(CCC[Si])c2ccccc2c1. The zero-order valence-corrected chi connectivity index (χ0v) is 10.0. The van der Waals surface area contributed by atoms with E-state index in [1.165, 1.54) is 22.8 Å². The highest BCUT2D eigenvalue weighted by Crippen LogP contribution is 2.17. The number of benzene rings is 1. The number of aromatic nitrogens is 1. The Labute approximate surface area is 94.2 Å². The minimum Gasteiger partial charge on any atom is -0.207 e. The van der Waals surface area contributed by atoms with E-state index in [1.807, 2.05) is 0 Å². The number of aryl methyl sites for hydroxylation is 2. The maximum atomic E-state index is 3.53. The highest BCUT2D eigenvalue weighted by Gasteiger charge is 2.06. The number of pyridine rings is 1. The summed E-state index contributed by atoms with van der Waals surface area (Å²) in [5.41, 5.74) is 1.44. The number of hydrogen-bond donors (Lipinski definition) is 0. The summed E-state index contributed by atoms with van der Waals surface area (Å²) in [6.07, 6.45) is 6.72. The van der Waals surface area contributed by atoms with E-state index in [0.717, 1.165) is 12.5 Å². The third kappa shape index (κ3) is 2.26. The van der Waals surface area contributed by atoms with Crippen LogP contribution < -0.4 is 4.57 Å². The first kappa shape index (κ1) is 10.4. The monoisotopic (exact) mass is 213 g/mol. The molecule has 1 aromatic carbocycles. The molecule has 2 heteroatoms. The first-order chi connectivity index (χ1) is 7.31. The van der Waals surface area contributed by atoms with E-state index in [9.17, 15) is 0 Å². The Bertz CT molecular complexity index is 465. The van der Waals surface area contributed by atoms with Gasteiger partial charge in [0.1, 0.15) is 7.05 Å². The summed E-state index contributed by atoms with van der Waals surface area (Å²) in [5, 5.41) is 2.71. The molecule has 3 radical (unpaired) electrons. The Morgan fingerprint density at radius 3 is 2.80 bits per heavy atom. The molecule has 0 spiro atoms. The van der Waals surface area contributed by atoms with E-state index in [1.54, 1.807) is 0 Å². The molecule has 0 saturated heterocycles. The van der Waals surface area contributed by atoms with Gasteiger partial charge < -0.3 is 0 Å². The molecule has 0 saturated carbocycles. The fourth-order valence-electron chi connectivity index (χ4n) is 1.95. The summed E-state index contributed by atoms with van der Waals surface area (Å²) >= 11 is 0. The average Bonchev–Trinajstić information content (AvgIpc) is 2.25. The maximum Gasteiger partial charge on any atom is 0.176 e. The van der Waals surface area contributed by atoms with E-state index in [2.05, 4.69) is 58.5 Å². The molecule has 2 rings (SSSR count). The van der Waals surface area contributed by atoms with Crippen LogP contribution in [-0.2, 0) is 13.5 Å². The molecular weight excluding hydrogens is 198 g/mol. The highest BCUT2D eigenvalue weighted by atomic mass is 28.1. The Morgan fingerprint density at radius 2 is 2.00 bits per heavy atom. The first-order valence-corrected chi connectivity index (χ1v) is 6.03. The van der Waals surface area contributed by atoms with Crippen LogP contribution in [0.2, 0.25) is 6.04 Å². The van der Waals surface area contributed by atoms with Crippen LogP contribution in [0.3, 0.4) is 0 Å². The van der Waals surface area contributed by atoms with Gasteiger partial charge in [0.2, 0.25) is 0 Å². The first-order valence-electron chi connectivity index (χ1n) is 5.33. The molecule has 1 heterocycles. The number of fused-ring (bicyclic) bond motifs is 1. The number of hydrogen-bond acceptors (Lipinski definition) is 0. The maximum absolute atomic E-state index is 3.53. The largest absolute Gasteiger partial charge is 0.207 e. The van der Waals surface area contributed by atoms with Crippen molar-refractivity contribution in [1.82, 2.24) is 0 Å². The standard InChI is InChI=1S/C13H15NSi/c1-14-9-11-5-2-3-7-13(11)12(10-14)6-4-8-15/h2-3,5,7,9-10H,4,6,8H2,1H3/q+1. The van der Waals surface area contributed by atoms with Gasteiger partial charge in [-0.3, -0.25) is 0 Å². The summed E-state index contributed by atoms with van der Waals surface area (Å²) in [6, 6.07) is 9.65. The zero-order chi connectivity index (χ0) is 10.7. The van der Waals surface area contributed by atoms with Crippen LogP contribution >= 0.6 is 0 Å². The van der Waals surface area contributed by atoms with Crippen LogP contribution in [0.4, 0.5) is 0 Å². The molecule has 0 bridgehead atoms. The minimum absolute atomic E-state index is 1.06. The van der Waals surface area contributed by atoms with Crippen molar-refractivity contribution in [2.24, 2.45) is 7.05 Å². The Morgan fingerprint density at radius 1 is 1.20 bits per heavy atom. The summed E-state index contributed by atoms with van der Waals surface area (Å²) in [4.78, 5) is 0. The quantitative estimate of drug-likeness (QED) is 0.543. The molecule has 0 amide bonds. The van der Waals surface area contributed by atoms with Crippen LogP contribution in [0.1, 0.15) is 12.0 Å². The van der Waals surface area contributed by atoms with Gasteiger partial charge in [-0.05, 0) is 17.9 Å². The van der Waals surface area contributed by atoms with Gasteiger partial charge in [-0.15, -0.1) is 0 Å². The smallest absolute Gasteiger partial charge is 0.176 e. The van der Waals surface area contributed by atoms with Crippen LogP contribution in [0, 0.1) is 0 Å². The second kappa shape index (κ2) is 4.58. The van der Waals surface area contributed by atoms with Crippen molar-refractivity contribution >= 4 is 21.0 Å².